The number of nitrogens with zero attached hydrogens (tertiary/aromatic N) is 2. The lowest BCUT2D eigenvalue weighted by Crippen LogP contribution is -2.61. The summed E-state index contributed by atoms with van der Waals surface area (Å²) in [6, 6.07) is 1.86. The maximum absolute atomic E-state index is 11.3. The van der Waals surface area contributed by atoms with E-state index in [0.29, 0.717) is 6.42 Å². The Kier molecular flexibility index (Phi) is 2.79. The van der Waals surface area contributed by atoms with Crippen molar-refractivity contribution in [3.8, 4) is 0 Å². The number of rotatable bonds is 3. The lowest BCUT2D eigenvalue weighted by molar-refractivity contribution is -0.144. The van der Waals surface area contributed by atoms with Crippen LogP contribution >= 0.6 is 15.9 Å². The summed E-state index contributed by atoms with van der Waals surface area (Å²) in [5, 5.41) is 7.43. The number of aromatic nitrogens is 2. The standard InChI is InChI=1S/C9H12BrN3O2/c1-15-8(14)4-9(5-11-6-9)13-3-2-7(10)12-13/h2-3,11H,4-6H2,1H3. The second-order valence-electron chi connectivity index (χ2n) is 3.66. The van der Waals surface area contributed by atoms with Gasteiger partial charge in [0.25, 0.3) is 0 Å². The lowest BCUT2D eigenvalue weighted by Gasteiger charge is -2.41. The number of hydrogen-bond donors (Lipinski definition) is 1. The molecular weight excluding hydrogens is 262 g/mol. The van der Waals surface area contributed by atoms with Crippen molar-refractivity contribution in [1.29, 1.82) is 0 Å². The molecule has 0 aliphatic carbocycles. The zero-order valence-electron chi connectivity index (χ0n) is 8.36. The highest BCUT2D eigenvalue weighted by Crippen LogP contribution is 2.26. The van der Waals surface area contributed by atoms with Gasteiger partial charge in [-0.2, -0.15) is 5.10 Å². The van der Waals surface area contributed by atoms with Gasteiger partial charge in [-0.05, 0) is 22.0 Å². The molecule has 1 fully saturated rings. The first kappa shape index (κ1) is 10.6. The van der Waals surface area contributed by atoms with Gasteiger partial charge in [0.1, 0.15) is 4.60 Å². The number of hydrogen-bond acceptors (Lipinski definition) is 4. The van der Waals surface area contributed by atoms with E-state index in [-0.39, 0.29) is 11.5 Å². The van der Waals surface area contributed by atoms with Gasteiger partial charge in [0.15, 0.2) is 0 Å². The number of ether oxygens (including phenoxy) is 1. The number of carbonyl (C=O) groups excluding carboxylic acids is 1. The number of esters is 1. The SMILES string of the molecule is COC(=O)CC1(n2ccc(Br)n2)CNC1. The lowest BCUT2D eigenvalue weighted by atomic mass is 9.89. The highest BCUT2D eigenvalue weighted by atomic mass is 79.9. The summed E-state index contributed by atoms with van der Waals surface area (Å²) in [6.45, 7) is 1.49. The molecule has 5 nitrogen and oxygen atoms in total. The monoisotopic (exact) mass is 273 g/mol. The molecular formula is C9H12BrN3O2. The minimum Gasteiger partial charge on any atom is -0.469 e. The average molecular weight is 274 g/mol. The van der Waals surface area contributed by atoms with Gasteiger partial charge < -0.3 is 10.1 Å². The Morgan fingerprint density at radius 3 is 2.93 bits per heavy atom. The Balaban J connectivity index is 2.18. The van der Waals surface area contributed by atoms with E-state index in [1.54, 1.807) is 0 Å². The summed E-state index contributed by atoms with van der Waals surface area (Å²) in [5.41, 5.74) is -0.251. The van der Waals surface area contributed by atoms with E-state index >= 15 is 0 Å². The molecule has 0 amide bonds. The summed E-state index contributed by atoms with van der Waals surface area (Å²) >= 11 is 3.29. The third-order valence-electron chi connectivity index (χ3n) is 2.65. The zero-order chi connectivity index (χ0) is 10.9. The smallest absolute Gasteiger partial charge is 0.308 e. The van der Waals surface area contributed by atoms with Crippen LogP contribution in [0, 0.1) is 0 Å². The molecule has 1 aromatic rings. The maximum Gasteiger partial charge on any atom is 0.308 e. The van der Waals surface area contributed by atoms with Crippen LogP contribution in [0.15, 0.2) is 16.9 Å². The van der Waals surface area contributed by atoms with Gasteiger partial charge in [-0.25, -0.2) is 0 Å². The van der Waals surface area contributed by atoms with Gasteiger partial charge in [-0.3, -0.25) is 9.48 Å². The topological polar surface area (TPSA) is 56.2 Å². The van der Waals surface area contributed by atoms with Gasteiger partial charge in [0.2, 0.25) is 0 Å². The molecule has 0 spiro atoms. The zero-order valence-corrected chi connectivity index (χ0v) is 9.95. The van der Waals surface area contributed by atoms with Crippen LogP contribution in [-0.4, -0.2) is 35.9 Å². The van der Waals surface area contributed by atoms with E-state index in [0.717, 1.165) is 17.7 Å². The van der Waals surface area contributed by atoms with Crippen LogP contribution in [0.1, 0.15) is 6.42 Å². The fourth-order valence-corrected chi connectivity index (χ4v) is 1.98. The van der Waals surface area contributed by atoms with Gasteiger partial charge >= 0.3 is 5.97 Å². The molecule has 0 unspecified atom stereocenters. The maximum atomic E-state index is 11.3. The van der Waals surface area contributed by atoms with Crippen molar-refractivity contribution < 1.29 is 9.53 Å². The quantitative estimate of drug-likeness (QED) is 0.816. The molecule has 1 aliphatic rings. The van der Waals surface area contributed by atoms with E-state index in [2.05, 4.69) is 26.3 Å². The van der Waals surface area contributed by atoms with Crippen molar-refractivity contribution >= 4 is 21.9 Å². The van der Waals surface area contributed by atoms with Crippen molar-refractivity contribution in [2.24, 2.45) is 0 Å². The number of halogens is 1. The van der Waals surface area contributed by atoms with E-state index < -0.39 is 0 Å². The normalized spacial score (nSPS) is 18.3. The fourth-order valence-electron chi connectivity index (χ4n) is 1.69. The molecule has 1 N–H and O–H groups in total. The second-order valence-corrected chi connectivity index (χ2v) is 4.48. The average Bonchev–Trinajstić information content (AvgIpc) is 2.58. The highest BCUT2D eigenvalue weighted by molar-refractivity contribution is 9.10. The predicted molar refractivity (Wildman–Crippen MR) is 57.4 cm³/mol. The van der Waals surface area contributed by atoms with Crippen LogP contribution in [0.4, 0.5) is 0 Å². The van der Waals surface area contributed by atoms with Crippen LogP contribution < -0.4 is 5.32 Å². The van der Waals surface area contributed by atoms with Gasteiger partial charge in [0.05, 0.1) is 19.1 Å². The summed E-state index contributed by atoms with van der Waals surface area (Å²) in [7, 11) is 1.40. The Morgan fingerprint density at radius 2 is 2.53 bits per heavy atom. The number of carbonyl (C=O) groups is 1. The molecule has 0 saturated carbocycles. The van der Waals surface area contributed by atoms with E-state index in [9.17, 15) is 4.79 Å². The molecule has 6 heteroatoms. The Hall–Kier alpha value is -0.880. The fraction of sp³-hybridized carbons (Fsp3) is 0.556. The van der Waals surface area contributed by atoms with Crippen LogP contribution in [0.2, 0.25) is 0 Å². The van der Waals surface area contributed by atoms with Gasteiger partial charge in [-0.1, -0.05) is 0 Å². The van der Waals surface area contributed by atoms with Crippen molar-refractivity contribution in [3.05, 3.63) is 16.9 Å². The minimum atomic E-state index is -0.251. The Morgan fingerprint density at radius 1 is 1.80 bits per heavy atom. The molecule has 0 atom stereocenters. The van der Waals surface area contributed by atoms with E-state index in [1.807, 2.05) is 16.9 Å². The molecule has 1 saturated heterocycles. The molecule has 82 valence electrons. The first-order chi connectivity index (χ1) is 7.16. The van der Waals surface area contributed by atoms with E-state index in [4.69, 9.17) is 4.74 Å². The van der Waals surface area contributed by atoms with Crippen LogP contribution in [0.5, 0.6) is 0 Å². The minimum absolute atomic E-state index is 0.205. The van der Waals surface area contributed by atoms with Crippen molar-refractivity contribution in [2.75, 3.05) is 20.2 Å². The predicted octanol–water partition coefficient (Wildman–Crippen LogP) is 0.507. The molecule has 0 bridgehead atoms. The molecule has 1 aliphatic heterocycles. The first-order valence-electron chi connectivity index (χ1n) is 4.65. The summed E-state index contributed by atoms with van der Waals surface area (Å²) in [4.78, 5) is 11.3. The number of methoxy groups -OCH3 is 1. The molecule has 2 rings (SSSR count). The second kappa shape index (κ2) is 3.94. The third-order valence-corrected chi connectivity index (χ3v) is 3.07. The number of nitrogens with one attached hydrogen (secondary N) is 1. The van der Waals surface area contributed by atoms with Crippen LogP contribution in [0.25, 0.3) is 0 Å². The van der Waals surface area contributed by atoms with Crippen molar-refractivity contribution in [1.82, 2.24) is 15.1 Å². The summed E-state index contributed by atoms with van der Waals surface area (Å²) < 4.78 is 7.29. The van der Waals surface area contributed by atoms with Gasteiger partial charge in [0, 0.05) is 19.3 Å². The van der Waals surface area contributed by atoms with Crippen molar-refractivity contribution in [2.45, 2.75) is 12.0 Å². The molecule has 0 radical (unpaired) electrons. The van der Waals surface area contributed by atoms with Crippen LogP contribution in [0.3, 0.4) is 0 Å². The summed E-state index contributed by atoms with van der Waals surface area (Å²) in [5.74, 6) is -0.205. The largest absolute Gasteiger partial charge is 0.469 e. The molecule has 1 aromatic heterocycles. The van der Waals surface area contributed by atoms with Crippen molar-refractivity contribution in [3.63, 3.8) is 0 Å². The summed E-state index contributed by atoms with van der Waals surface area (Å²) in [6.07, 6.45) is 2.22. The first-order valence-corrected chi connectivity index (χ1v) is 5.45. The van der Waals surface area contributed by atoms with Crippen LogP contribution in [-0.2, 0) is 15.1 Å². The third kappa shape index (κ3) is 1.91. The van der Waals surface area contributed by atoms with E-state index in [1.165, 1.54) is 7.11 Å². The highest BCUT2D eigenvalue weighted by Gasteiger charge is 2.42. The molecule has 0 aromatic carbocycles. The Bertz CT molecular complexity index is 373. The molecule has 2 heterocycles. The van der Waals surface area contributed by atoms with Gasteiger partial charge in [-0.15, -0.1) is 0 Å². The Labute approximate surface area is 95.9 Å². The molecule has 15 heavy (non-hydrogen) atoms.